The minimum atomic E-state index is -4.72. The number of benzene rings is 1. The largest absolute Gasteiger partial charge is 0.417 e. The van der Waals surface area contributed by atoms with Crippen molar-refractivity contribution in [2.45, 2.75) is 50.3 Å². The first-order valence-electron chi connectivity index (χ1n) is 13.9. The lowest BCUT2D eigenvalue weighted by molar-refractivity contribution is -0.137. The van der Waals surface area contributed by atoms with E-state index in [-0.39, 0.29) is 47.6 Å². The second-order valence-electron chi connectivity index (χ2n) is 11.0. The molecule has 4 aromatic rings. The number of halogens is 4. The van der Waals surface area contributed by atoms with Crippen molar-refractivity contribution in [2.75, 3.05) is 23.7 Å². The van der Waals surface area contributed by atoms with E-state index in [9.17, 15) is 22.8 Å². The molecule has 3 aromatic heterocycles. The molecule has 0 spiro atoms. The summed E-state index contributed by atoms with van der Waals surface area (Å²) >= 11 is 8.56. The van der Waals surface area contributed by atoms with Crippen molar-refractivity contribution in [3.63, 3.8) is 0 Å². The molecular formula is C30H30ClF3N6O2S2. The molecule has 44 heavy (non-hydrogen) atoms. The minimum Gasteiger partial charge on any atom is -0.354 e. The van der Waals surface area contributed by atoms with Crippen molar-refractivity contribution >= 4 is 57.3 Å². The Morgan fingerprint density at radius 3 is 2.59 bits per heavy atom. The number of aromatic nitrogens is 4. The Labute approximate surface area is 265 Å². The van der Waals surface area contributed by atoms with Crippen LogP contribution < -0.4 is 15.9 Å². The molecule has 14 heteroatoms. The zero-order valence-electron chi connectivity index (χ0n) is 24.2. The number of thioether (sulfide) groups is 1. The molecule has 232 valence electrons. The summed E-state index contributed by atoms with van der Waals surface area (Å²) < 4.78 is 46.3. The van der Waals surface area contributed by atoms with Gasteiger partial charge >= 0.3 is 11.9 Å². The molecule has 0 saturated heterocycles. The second kappa shape index (κ2) is 12.9. The molecule has 0 saturated carbocycles. The molecule has 1 N–H and O–H groups in total. The van der Waals surface area contributed by atoms with E-state index in [2.05, 4.69) is 26.8 Å². The second-order valence-corrected chi connectivity index (χ2v) is 13.4. The maximum absolute atomic E-state index is 14.9. The van der Waals surface area contributed by atoms with Gasteiger partial charge in [-0.1, -0.05) is 32.0 Å². The molecule has 0 aliphatic carbocycles. The number of hydrogen-bond donors (Lipinski definition) is 1. The first-order valence-corrected chi connectivity index (χ1v) is 16.1. The van der Waals surface area contributed by atoms with Gasteiger partial charge in [-0.05, 0) is 37.1 Å². The SMILES string of the molecule is C=CC(=O)N[C@H](C)CN(CC(C)C)c1nc(=O)n2c3c(c(-c4cc(Cl)cs4)c(C(F)(F)F)cc13)SC[C@H](c1ncccn1)C2. The third kappa shape index (κ3) is 6.64. The molecule has 0 fully saturated rings. The first kappa shape index (κ1) is 32.0. The van der Waals surface area contributed by atoms with Crippen LogP contribution in [0.3, 0.4) is 0 Å². The van der Waals surface area contributed by atoms with Crippen LogP contribution >= 0.6 is 34.7 Å². The molecule has 1 aliphatic rings. The lowest BCUT2D eigenvalue weighted by atomic mass is 10.0. The molecule has 0 unspecified atom stereocenters. The van der Waals surface area contributed by atoms with E-state index in [0.717, 1.165) is 23.5 Å². The normalized spacial score (nSPS) is 15.7. The summed E-state index contributed by atoms with van der Waals surface area (Å²) in [5, 5.41) is 4.90. The predicted octanol–water partition coefficient (Wildman–Crippen LogP) is 6.63. The van der Waals surface area contributed by atoms with Crippen LogP contribution in [0.5, 0.6) is 0 Å². The Balaban J connectivity index is 1.82. The number of amides is 1. The average Bonchev–Trinajstić information content (AvgIpc) is 3.29. The molecule has 4 heterocycles. The molecule has 0 radical (unpaired) electrons. The standard InChI is InChI=1S/C30H30ClF3N6O2S2/c1-5-23(41)37-17(4)12-39(11-16(2)3)28-20-10-21(30(32,33)34)24(22-9-19(31)15-43-22)26-25(20)40(29(42)38-28)13-18(14-44-26)27-35-7-6-8-36-27/h5-10,15-18H,1,11-14H2,2-4H3,(H,37,41)/t17-,18-/m1/s1. The number of carbonyl (C=O) groups excluding carboxylic acids is 1. The topological polar surface area (TPSA) is 93.0 Å². The van der Waals surface area contributed by atoms with Crippen molar-refractivity contribution in [1.29, 1.82) is 0 Å². The summed E-state index contributed by atoms with van der Waals surface area (Å²) in [6.45, 7) is 9.91. The lowest BCUT2D eigenvalue weighted by Gasteiger charge is -2.30. The maximum Gasteiger partial charge on any atom is 0.417 e. The summed E-state index contributed by atoms with van der Waals surface area (Å²) in [7, 11) is 0. The van der Waals surface area contributed by atoms with Crippen molar-refractivity contribution in [1.82, 2.24) is 24.8 Å². The summed E-state index contributed by atoms with van der Waals surface area (Å²) in [6, 6.07) is 3.87. The Morgan fingerprint density at radius 1 is 1.25 bits per heavy atom. The third-order valence-corrected chi connectivity index (χ3v) is 9.60. The number of rotatable bonds is 9. The Morgan fingerprint density at radius 2 is 1.98 bits per heavy atom. The summed E-state index contributed by atoms with van der Waals surface area (Å²) in [6.07, 6.45) is -0.376. The molecule has 2 atom stereocenters. The Bertz CT molecular complexity index is 1760. The van der Waals surface area contributed by atoms with Gasteiger partial charge in [0.2, 0.25) is 5.91 Å². The predicted molar refractivity (Wildman–Crippen MR) is 170 cm³/mol. The molecule has 8 nitrogen and oxygen atoms in total. The van der Waals surface area contributed by atoms with Gasteiger partial charge in [0.25, 0.3) is 0 Å². The van der Waals surface area contributed by atoms with Crippen molar-refractivity contribution in [2.24, 2.45) is 5.92 Å². The van der Waals surface area contributed by atoms with Gasteiger partial charge in [-0.15, -0.1) is 23.1 Å². The van der Waals surface area contributed by atoms with Crippen LogP contribution in [0, 0.1) is 5.92 Å². The zero-order chi connectivity index (χ0) is 31.8. The van der Waals surface area contributed by atoms with Crippen molar-refractivity contribution < 1.29 is 18.0 Å². The van der Waals surface area contributed by atoms with E-state index in [4.69, 9.17) is 11.6 Å². The number of hydrogen-bond acceptors (Lipinski definition) is 8. The van der Waals surface area contributed by atoms with Gasteiger partial charge in [0.05, 0.1) is 16.1 Å². The zero-order valence-corrected chi connectivity index (χ0v) is 26.6. The van der Waals surface area contributed by atoms with E-state index < -0.39 is 23.5 Å². The van der Waals surface area contributed by atoms with Crippen LogP contribution in [-0.2, 0) is 17.5 Å². The highest BCUT2D eigenvalue weighted by atomic mass is 35.5. The van der Waals surface area contributed by atoms with E-state index in [1.54, 1.807) is 35.7 Å². The highest BCUT2D eigenvalue weighted by molar-refractivity contribution is 7.99. The lowest BCUT2D eigenvalue weighted by Crippen LogP contribution is -2.44. The van der Waals surface area contributed by atoms with Crippen LogP contribution in [0.1, 0.15) is 38.1 Å². The Kier molecular flexibility index (Phi) is 9.38. The van der Waals surface area contributed by atoms with Crippen LogP contribution in [0.25, 0.3) is 21.3 Å². The van der Waals surface area contributed by atoms with Crippen LogP contribution in [0.4, 0.5) is 19.0 Å². The quantitative estimate of drug-likeness (QED) is 0.201. The number of nitrogens with zero attached hydrogens (tertiary/aromatic N) is 5. The van der Waals surface area contributed by atoms with Crippen LogP contribution in [-0.4, -0.2) is 50.3 Å². The molecule has 1 aromatic carbocycles. The van der Waals surface area contributed by atoms with Crippen LogP contribution in [0.2, 0.25) is 5.02 Å². The van der Waals surface area contributed by atoms with E-state index in [1.807, 2.05) is 13.8 Å². The van der Waals surface area contributed by atoms with Gasteiger partial charge in [-0.25, -0.2) is 14.8 Å². The molecule has 1 amide bonds. The fraction of sp³-hybridized carbons (Fsp3) is 0.367. The molecule has 1 aliphatic heterocycles. The summed E-state index contributed by atoms with van der Waals surface area (Å²) in [4.78, 5) is 41.5. The Hall–Kier alpha value is -3.42. The van der Waals surface area contributed by atoms with Crippen molar-refractivity contribution in [3.8, 4) is 10.4 Å². The average molecular weight is 663 g/mol. The van der Waals surface area contributed by atoms with Gasteiger partial charge in [0, 0.05) is 75.8 Å². The minimum absolute atomic E-state index is 0.0196. The number of alkyl halides is 3. The molecule has 0 bridgehead atoms. The van der Waals surface area contributed by atoms with E-state index in [1.165, 1.54) is 22.4 Å². The van der Waals surface area contributed by atoms with Crippen molar-refractivity contribution in [3.05, 3.63) is 75.5 Å². The van der Waals surface area contributed by atoms with E-state index >= 15 is 0 Å². The monoisotopic (exact) mass is 662 g/mol. The smallest absolute Gasteiger partial charge is 0.354 e. The van der Waals surface area contributed by atoms with Gasteiger partial charge in [0.15, 0.2) is 0 Å². The number of nitrogens with one attached hydrogen (secondary N) is 1. The van der Waals surface area contributed by atoms with Gasteiger partial charge < -0.3 is 10.2 Å². The molecular weight excluding hydrogens is 633 g/mol. The first-order chi connectivity index (χ1) is 20.9. The van der Waals surface area contributed by atoms with Crippen LogP contribution in [0.15, 0.2) is 58.3 Å². The van der Waals surface area contributed by atoms with Gasteiger partial charge in [0.1, 0.15) is 11.6 Å². The fourth-order valence-electron chi connectivity index (χ4n) is 5.36. The number of thiophene rings is 1. The number of carbonyl (C=O) groups is 1. The summed E-state index contributed by atoms with van der Waals surface area (Å²) in [5.74, 6) is 0.276. The maximum atomic E-state index is 14.9. The number of anilines is 1. The van der Waals surface area contributed by atoms with Gasteiger partial charge in [-0.3, -0.25) is 9.36 Å². The molecule has 5 rings (SSSR count). The van der Waals surface area contributed by atoms with E-state index in [0.29, 0.717) is 38.4 Å². The highest BCUT2D eigenvalue weighted by Crippen LogP contribution is 2.50. The highest BCUT2D eigenvalue weighted by Gasteiger charge is 2.39. The fourth-order valence-corrected chi connectivity index (χ4v) is 7.91. The third-order valence-electron chi connectivity index (χ3n) is 7.05. The summed E-state index contributed by atoms with van der Waals surface area (Å²) in [5.41, 5.74) is -1.09. The van der Waals surface area contributed by atoms with Gasteiger partial charge in [-0.2, -0.15) is 18.2 Å².